The molecule has 0 radical (unpaired) electrons. The van der Waals surface area contributed by atoms with Crippen LogP contribution in [0.15, 0.2) is 24.3 Å². The van der Waals surface area contributed by atoms with E-state index < -0.39 is 0 Å². The Morgan fingerprint density at radius 3 is 2.68 bits per heavy atom. The number of hydrogen-bond acceptors (Lipinski definition) is 3. The first-order chi connectivity index (χ1) is 9.21. The van der Waals surface area contributed by atoms with Crippen molar-refractivity contribution in [2.45, 2.75) is 25.6 Å². The van der Waals surface area contributed by atoms with Crippen molar-refractivity contribution in [3.63, 3.8) is 0 Å². The molecule has 1 fully saturated rings. The van der Waals surface area contributed by atoms with Crippen LogP contribution < -0.4 is 4.74 Å². The van der Waals surface area contributed by atoms with E-state index in [9.17, 15) is 0 Å². The Balaban J connectivity index is 1.83. The van der Waals surface area contributed by atoms with Crippen LogP contribution in [-0.4, -0.2) is 49.2 Å². The summed E-state index contributed by atoms with van der Waals surface area (Å²) in [6.45, 7) is 5.28. The van der Waals surface area contributed by atoms with Gasteiger partial charge < -0.3 is 9.47 Å². The maximum absolute atomic E-state index is 5.84. The number of benzene rings is 1. The largest absolute Gasteiger partial charge is 0.497 e. The predicted molar refractivity (Wildman–Crippen MR) is 81.3 cm³/mol. The van der Waals surface area contributed by atoms with Crippen LogP contribution in [0.3, 0.4) is 0 Å². The smallest absolute Gasteiger partial charge is 0.118 e. The fourth-order valence-electron chi connectivity index (χ4n) is 2.49. The Hall–Kier alpha value is -0.580. The van der Waals surface area contributed by atoms with E-state index in [1.807, 2.05) is 12.1 Å². The molecule has 1 aromatic rings. The number of hydrogen-bond donors (Lipinski definition) is 0. The molecule has 4 heteroatoms. The molecule has 1 heterocycles. The van der Waals surface area contributed by atoms with Gasteiger partial charge in [-0.05, 0) is 31.0 Å². The van der Waals surface area contributed by atoms with Crippen LogP contribution in [0.25, 0.3) is 0 Å². The monoisotopic (exact) mass is 327 g/mol. The molecule has 0 spiro atoms. The molecule has 0 aromatic heterocycles. The normalized spacial score (nSPS) is 24.4. The molecule has 2 atom stereocenters. The lowest BCUT2D eigenvalue weighted by molar-refractivity contribution is -0.0648. The molecule has 1 aromatic carbocycles. The van der Waals surface area contributed by atoms with Crippen molar-refractivity contribution in [1.29, 1.82) is 0 Å². The quantitative estimate of drug-likeness (QED) is 0.776. The second-order valence-corrected chi connectivity index (χ2v) is 5.73. The van der Waals surface area contributed by atoms with Crippen LogP contribution >= 0.6 is 15.9 Å². The number of methoxy groups -OCH3 is 1. The second-order valence-electron chi connectivity index (χ2n) is 5.08. The summed E-state index contributed by atoms with van der Waals surface area (Å²) in [5.74, 6) is 0.920. The van der Waals surface area contributed by atoms with Crippen molar-refractivity contribution >= 4 is 15.9 Å². The van der Waals surface area contributed by atoms with Gasteiger partial charge in [0, 0.05) is 25.0 Å². The Labute approximate surface area is 124 Å². The summed E-state index contributed by atoms with van der Waals surface area (Å²) in [4.78, 5) is 2.49. The van der Waals surface area contributed by atoms with E-state index in [1.165, 1.54) is 5.56 Å². The number of alkyl halides is 1. The van der Waals surface area contributed by atoms with Crippen LogP contribution in [0.1, 0.15) is 12.5 Å². The summed E-state index contributed by atoms with van der Waals surface area (Å²) in [7, 11) is 1.70. The fourth-order valence-corrected chi connectivity index (χ4v) is 2.85. The van der Waals surface area contributed by atoms with E-state index in [-0.39, 0.29) is 0 Å². The van der Waals surface area contributed by atoms with Crippen LogP contribution in [0.5, 0.6) is 5.75 Å². The zero-order valence-corrected chi connectivity index (χ0v) is 13.2. The van der Waals surface area contributed by atoms with E-state index in [0.717, 1.165) is 37.1 Å². The maximum atomic E-state index is 5.84. The van der Waals surface area contributed by atoms with E-state index in [4.69, 9.17) is 9.47 Å². The summed E-state index contributed by atoms with van der Waals surface area (Å²) in [6.07, 6.45) is 1.72. The SMILES string of the molecule is COc1ccc(CCN2CC(C)OC(CBr)C2)cc1. The van der Waals surface area contributed by atoms with Crippen molar-refractivity contribution in [1.82, 2.24) is 4.90 Å². The first kappa shape index (κ1) is 14.8. The average molecular weight is 328 g/mol. The molecule has 19 heavy (non-hydrogen) atoms. The minimum Gasteiger partial charge on any atom is -0.497 e. The van der Waals surface area contributed by atoms with Gasteiger partial charge in [-0.25, -0.2) is 0 Å². The minimum absolute atomic E-state index is 0.319. The van der Waals surface area contributed by atoms with Gasteiger partial charge in [-0.1, -0.05) is 28.1 Å². The van der Waals surface area contributed by atoms with Gasteiger partial charge in [0.25, 0.3) is 0 Å². The predicted octanol–water partition coefficient (Wildman–Crippen LogP) is 2.72. The van der Waals surface area contributed by atoms with Crippen molar-refractivity contribution in [3.8, 4) is 5.75 Å². The van der Waals surface area contributed by atoms with Gasteiger partial charge in [0.15, 0.2) is 0 Å². The first-order valence-corrected chi connectivity index (χ1v) is 7.90. The zero-order valence-electron chi connectivity index (χ0n) is 11.6. The molecular weight excluding hydrogens is 306 g/mol. The lowest BCUT2D eigenvalue weighted by atomic mass is 10.1. The van der Waals surface area contributed by atoms with E-state index in [1.54, 1.807) is 7.11 Å². The average Bonchev–Trinajstić information content (AvgIpc) is 2.45. The molecular formula is C15H22BrNO2. The third-order valence-corrected chi connectivity index (χ3v) is 4.17. The highest BCUT2D eigenvalue weighted by molar-refractivity contribution is 9.09. The molecule has 0 N–H and O–H groups in total. The van der Waals surface area contributed by atoms with Crippen molar-refractivity contribution in [2.24, 2.45) is 0 Å². The Kier molecular flexibility index (Phi) is 5.67. The molecule has 1 aliphatic rings. The van der Waals surface area contributed by atoms with E-state index in [0.29, 0.717) is 12.2 Å². The molecule has 2 rings (SSSR count). The summed E-state index contributed by atoms with van der Waals surface area (Å²) < 4.78 is 11.0. The fraction of sp³-hybridized carbons (Fsp3) is 0.600. The second kappa shape index (κ2) is 7.27. The summed E-state index contributed by atoms with van der Waals surface area (Å²) in [6, 6.07) is 8.34. The number of halogens is 1. The van der Waals surface area contributed by atoms with Gasteiger partial charge in [0.1, 0.15) is 5.75 Å². The van der Waals surface area contributed by atoms with Crippen molar-refractivity contribution in [3.05, 3.63) is 29.8 Å². The van der Waals surface area contributed by atoms with Crippen LogP contribution in [-0.2, 0) is 11.2 Å². The molecule has 0 aliphatic carbocycles. The highest BCUT2D eigenvalue weighted by Gasteiger charge is 2.23. The van der Waals surface area contributed by atoms with Gasteiger partial charge in [0.05, 0.1) is 19.3 Å². The molecule has 2 unspecified atom stereocenters. The lowest BCUT2D eigenvalue weighted by Crippen LogP contribution is -2.47. The molecule has 0 amide bonds. The van der Waals surface area contributed by atoms with Gasteiger partial charge in [-0.15, -0.1) is 0 Å². The van der Waals surface area contributed by atoms with Gasteiger partial charge in [0.2, 0.25) is 0 Å². The van der Waals surface area contributed by atoms with Gasteiger partial charge >= 0.3 is 0 Å². The molecule has 3 nitrogen and oxygen atoms in total. The van der Waals surface area contributed by atoms with Crippen molar-refractivity contribution < 1.29 is 9.47 Å². The van der Waals surface area contributed by atoms with Crippen LogP contribution in [0, 0.1) is 0 Å². The molecule has 1 aliphatic heterocycles. The van der Waals surface area contributed by atoms with Crippen molar-refractivity contribution in [2.75, 3.05) is 32.1 Å². The number of rotatable bonds is 5. The highest BCUT2D eigenvalue weighted by atomic mass is 79.9. The lowest BCUT2D eigenvalue weighted by Gasteiger charge is -2.36. The number of morpholine rings is 1. The molecule has 106 valence electrons. The standard InChI is InChI=1S/C15H22BrNO2/c1-12-10-17(11-15(9-16)19-12)8-7-13-3-5-14(18-2)6-4-13/h3-6,12,15H,7-11H2,1-2H3. The Morgan fingerprint density at radius 1 is 1.32 bits per heavy atom. The highest BCUT2D eigenvalue weighted by Crippen LogP contribution is 2.15. The zero-order chi connectivity index (χ0) is 13.7. The van der Waals surface area contributed by atoms with Gasteiger partial charge in [-0.3, -0.25) is 4.90 Å². The van der Waals surface area contributed by atoms with Crippen LogP contribution in [0.4, 0.5) is 0 Å². The van der Waals surface area contributed by atoms with E-state index >= 15 is 0 Å². The minimum atomic E-state index is 0.319. The first-order valence-electron chi connectivity index (χ1n) is 6.78. The van der Waals surface area contributed by atoms with Gasteiger partial charge in [-0.2, -0.15) is 0 Å². The number of ether oxygens (including phenoxy) is 2. The maximum Gasteiger partial charge on any atom is 0.118 e. The molecule has 1 saturated heterocycles. The Morgan fingerprint density at radius 2 is 2.05 bits per heavy atom. The van der Waals surface area contributed by atoms with Crippen LogP contribution in [0.2, 0.25) is 0 Å². The Bertz CT molecular complexity index is 382. The third kappa shape index (κ3) is 4.48. The summed E-state index contributed by atoms with van der Waals surface area (Å²) in [5.41, 5.74) is 1.36. The molecule has 0 bridgehead atoms. The van der Waals surface area contributed by atoms with E-state index in [2.05, 4.69) is 39.9 Å². The number of nitrogens with zero attached hydrogens (tertiary/aromatic N) is 1. The third-order valence-electron chi connectivity index (χ3n) is 3.45. The topological polar surface area (TPSA) is 21.7 Å². The summed E-state index contributed by atoms with van der Waals surface area (Å²) in [5, 5.41) is 0.913. The summed E-state index contributed by atoms with van der Waals surface area (Å²) >= 11 is 3.51. The molecule has 0 saturated carbocycles.